The molecular formula is C10H15NO3. The van der Waals surface area contributed by atoms with E-state index in [1.807, 2.05) is 4.90 Å². The van der Waals surface area contributed by atoms with E-state index in [0.717, 1.165) is 12.8 Å². The third kappa shape index (κ3) is 1.38. The zero-order valence-electron chi connectivity index (χ0n) is 8.27. The molecule has 0 spiro atoms. The van der Waals surface area contributed by atoms with Gasteiger partial charge in [-0.1, -0.05) is 0 Å². The Bertz CT molecular complexity index is 263. The maximum absolute atomic E-state index is 11.3. The largest absolute Gasteiger partial charge is 0.481 e. The average Bonchev–Trinajstić information content (AvgIpc) is 2.37. The smallest absolute Gasteiger partial charge is 0.306 e. The van der Waals surface area contributed by atoms with Crippen LogP contribution in [0.5, 0.6) is 0 Å². The first kappa shape index (κ1) is 9.49. The minimum Gasteiger partial charge on any atom is -0.481 e. The second-order valence-corrected chi connectivity index (χ2v) is 4.32. The van der Waals surface area contributed by atoms with Gasteiger partial charge >= 0.3 is 5.97 Å². The number of hydrogen-bond donors (Lipinski definition) is 1. The van der Waals surface area contributed by atoms with E-state index in [9.17, 15) is 9.59 Å². The van der Waals surface area contributed by atoms with Crippen LogP contribution in [0.1, 0.15) is 32.6 Å². The molecule has 78 valence electrons. The number of carboxylic acids is 1. The Balaban J connectivity index is 2.12. The first-order chi connectivity index (χ1) is 6.59. The molecule has 2 saturated heterocycles. The van der Waals surface area contributed by atoms with Crippen molar-refractivity contribution in [1.82, 2.24) is 4.90 Å². The van der Waals surface area contributed by atoms with Gasteiger partial charge in [0, 0.05) is 19.0 Å². The number of rotatable bonds is 1. The van der Waals surface area contributed by atoms with Gasteiger partial charge in [0.25, 0.3) is 0 Å². The highest BCUT2D eigenvalue weighted by atomic mass is 16.4. The molecule has 2 bridgehead atoms. The number of carbonyl (C=O) groups excluding carboxylic acids is 1. The van der Waals surface area contributed by atoms with Crippen LogP contribution in [0.4, 0.5) is 0 Å². The molecule has 2 fully saturated rings. The summed E-state index contributed by atoms with van der Waals surface area (Å²) in [7, 11) is 0. The van der Waals surface area contributed by atoms with Crippen LogP contribution in [-0.2, 0) is 9.59 Å². The fraction of sp³-hybridized carbons (Fsp3) is 0.800. The molecule has 0 aromatic carbocycles. The standard InChI is InChI=1S/C10H15NO3/c1-6(12)11-8-2-3-9(11)5-7(4-8)10(13)14/h7-9H,2-5H2,1H3,(H,13,14). The third-order valence-electron chi connectivity index (χ3n) is 3.45. The topological polar surface area (TPSA) is 57.6 Å². The lowest BCUT2D eigenvalue weighted by Crippen LogP contribution is -2.46. The zero-order valence-corrected chi connectivity index (χ0v) is 8.27. The predicted octanol–water partition coefficient (Wildman–Crippen LogP) is 0.861. The highest BCUT2D eigenvalue weighted by Crippen LogP contribution is 2.38. The van der Waals surface area contributed by atoms with Gasteiger partial charge in [0.15, 0.2) is 0 Å². The lowest BCUT2D eigenvalue weighted by Gasteiger charge is -2.36. The van der Waals surface area contributed by atoms with Crippen molar-refractivity contribution in [3.05, 3.63) is 0 Å². The molecule has 0 radical (unpaired) electrons. The Labute approximate surface area is 82.9 Å². The Hall–Kier alpha value is -1.06. The highest BCUT2D eigenvalue weighted by Gasteiger charge is 2.43. The van der Waals surface area contributed by atoms with Gasteiger partial charge in [-0.25, -0.2) is 0 Å². The van der Waals surface area contributed by atoms with Crippen molar-refractivity contribution in [3.63, 3.8) is 0 Å². The number of hydrogen-bond acceptors (Lipinski definition) is 2. The van der Waals surface area contributed by atoms with E-state index in [0.29, 0.717) is 12.8 Å². The van der Waals surface area contributed by atoms with Gasteiger partial charge in [0.05, 0.1) is 5.92 Å². The number of piperidine rings is 1. The zero-order chi connectivity index (χ0) is 10.3. The summed E-state index contributed by atoms with van der Waals surface area (Å²) >= 11 is 0. The van der Waals surface area contributed by atoms with Crippen LogP contribution in [0, 0.1) is 5.92 Å². The normalized spacial score (nSPS) is 35.8. The Morgan fingerprint density at radius 1 is 1.21 bits per heavy atom. The van der Waals surface area contributed by atoms with E-state index in [4.69, 9.17) is 5.11 Å². The summed E-state index contributed by atoms with van der Waals surface area (Å²) in [6, 6.07) is 0.375. The lowest BCUT2D eigenvalue weighted by atomic mass is 9.91. The maximum Gasteiger partial charge on any atom is 0.306 e. The number of carboxylic acid groups (broad SMARTS) is 1. The van der Waals surface area contributed by atoms with Crippen molar-refractivity contribution in [2.75, 3.05) is 0 Å². The van der Waals surface area contributed by atoms with Gasteiger partial charge in [0.1, 0.15) is 0 Å². The molecule has 0 aromatic heterocycles. The van der Waals surface area contributed by atoms with Crippen LogP contribution in [-0.4, -0.2) is 34.0 Å². The molecule has 2 unspecified atom stereocenters. The molecule has 2 aliphatic heterocycles. The van der Waals surface area contributed by atoms with Gasteiger partial charge < -0.3 is 10.0 Å². The van der Waals surface area contributed by atoms with Crippen LogP contribution < -0.4 is 0 Å². The minimum absolute atomic E-state index is 0.0985. The maximum atomic E-state index is 11.3. The molecule has 2 heterocycles. The molecule has 0 aliphatic carbocycles. The van der Waals surface area contributed by atoms with E-state index < -0.39 is 5.97 Å². The monoisotopic (exact) mass is 197 g/mol. The summed E-state index contributed by atoms with van der Waals surface area (Å²) in [4.78, 5) is 24.0. The molecule has 0 aromatic rings. The summed E-state index contributed by atoms with van der Waals surface area (Å²) in [5, 5.41) is 8.92. The SMILES string of the molecule is CC(=O)N1C2CCC1CC(C(=O)O)C2. The summed E-state index contributed by atoms with van der Waals surface area (Å²) in [5.41, 5.74) is 0. The van der Waals surface area contributed by atoms with E-state index in [1.54, 1.807) is 6.92 Å². The summed E-state index contributed by atoms with van der Waals surface area (Å²) in [6.45, 7) is 1.58. The van der Waals surface area contributed by atoms with Crippen molar-refractivity contribution < 1.29 is 14.7 Å². The molecular weight excluding hydrogens is 182 g/mol. The van der Waals surface area contributed by atoms with Gasteiger partial charge in [-0.2, -0.15) is 0 Å². The summed E-state index contributed by atoms with van der Waals surface area (Å²) in [6.07, 6.45) is 3.25. The molecule has 2 rings (SSSR count). The van der Waals surface area contributed by atoms with E-state index >= 15 is 0 Å². The van der Waals surface area contributed by atoms with Crippen molar-refractivity contribution in [2.45, 2.75) is 44.7 Å². The van der Waals surface area contributed by atoms with Crippen LogP contribution in [0.15, 0.2) is 0 Å². The molecule has 4 nitrogen and oxygen atoms in total. The molecule has 0 saturated carbocycles. The molecule has 1 amide bonds. The Kier molecular flexibility index (Phi) is 2.21. The van der Waals surface area contributed by atoms with Crippen LogP contribution >= 0.6 is 0 Å². The van der Waals surface area contributed by atoms with Crippen molar-refractivity contribution in [3.8, 4) is 0 Å². The average molecular weight is 197 g/mol. The minimum atomic E-state index is -0.704. The quantitative estimate of drug-likeness (QED) is 0.678. The van der Waals surface area contributed by atoms with Crippen molar-refractivity contribution in [1.29, 1.82) is 0 Å². The third-order valence-corrected chi connectivity index (χ3v) is 3.45. The fourth-order valence-electron chi connectivity index (χ4n) is 2.89. The van der Waals surface area contributed by atoms with Gasteiger partial charge in [0.2, 0.25) is 5.91 Å². The molecule has 2 aliphatic rings. The second-order valence-electron chi connectivity index (χ2n) is 4.32. The fourth-order valence-corrected chi connectivity index (χ4v) is 2.89. The number of carbonyl (C=O) groups is 2. The van der Waals surface area contributed by atoms with E-state index in [2.05, 4.69) is 0 Å². The van der Waals surface area contributed by atoms with E-state index in [-0.39, 0.29) is 23.9 Å². The molecule has 2 atom stereocenters. The number of fused-ring (bicyclic) bond motifs is 2. The van der Waals surface area contributed by atoms with Gasteiger partial charge in [-0.3, -0.25) is 9.59 Å². The number of aliphatic carboxylic acids is 1. The first-order valence-electron chi connectivity index (χ1n) is 5.11. The lowest BCUT2D eigenvalue weighted by molar-refractivity contribution is -0.147. The van der Waals surface area contributed by atoms with Gasteiger partial charge in [-0.05, 0) is 25.7 Å². The van der Waals surface area contributed by atoms with Crippen molar-refractivity contribution in [2.24, 2.45) is 5.92 Å². The molecule has 4 heteroatoms. The predicted molar refractivity (Wildman–Crippen MR) is 49.7 cm³/mol. The second kappa shape index (κ2) is 3.26. The number of amides is 1. The number of nitrogens with zero attached hydrogens (tertiary/aromatic N) is 1. The summed E-state index contributed by atoms with van der Waals surface area (Å²) in [5.74, 6) is -0.838. The van der Waals surface area contributed by atoms with Crippen LogP contribution in [0.2, 0.25) is 0 Å². The highest BCUT2D eigenvalue weighted by molar-refractivity contribution is 5.76. The van der Waals surface area contributed by atoms with Crippen LogP contribution in [0.25, 0.3) is 0 Å². The Morgan fingerprint density at radius 2 is 1.71 bits per heavy atom. The molecule has 14 heavy (non-hydrogen) atoms. The van der Waals surface area contributed by atoms with E-state index in [1.165, 1.54) is 0 Å². The van der Waals surface area contributed by atoms with Gasteiger partial charge in [-0.15, -0.1) is 0 Å². The van der Waals surface area contributed by atoms with Crippen LogP contribution in [0.3, 0.4) is 0 Å². The molecule has 1 N–H and O–H groups in total. The first-order valence-corrected chi connectivity index (χ1v) is 5.11. The van der Waals surface area contributed by atoms with Crippen molar-refractivity contribution >= 4 is 11.9 Å². The Morgan fingerprint density at radius 3 is 2.07 bits per heavy atom. The summed E-state index contributed by atoms with van der Waals surface area (Å²) < 4.78 is 0.